The highest BCUT2D eigenvalue weighted by Crippen LogP contribution is 2.33. The summed E-state index contributed by atoms with van der Waals surface area (Å²) >= 11 is 0. The standard InChI is InChI=1S/C23H26F2N4O3/c1-3-26-23(29-15-20-27-14-19(31-20)16-9-6-5-7-10-16)28-13-17-11-8-12-18(30-4-2)21(17)32-22(24)25/h5-12,14,22H,3-4,13,15H2,1-2H3,(H2,26,28,29). The summed E-state index contributed by atoms with van der Waals surface area (Å²) in [5.41, 5.74) is 1.42. The van der Waals surface area contributed by atoms with Gasteiger partial charge in [0.1, 0.15) is 0 Å². The molecule has 32 heavy (non-hydrogen) atoms. The number of hydrogen-bond donors (Lipinski definition) is 2. The van der Waals surface area contributed by atoms with Gasteiger partial charge in [-0.3, -0.25) is 0 Å². The zero-order chi connectivity index (χ0) is 22.8. The van der Waals surface area contributed by atoms with E-state index in [1.807, 2.05) is 37.3 Å². The monoisotopic (exact) mass is 444 g/mol. The number of hydrogen-bond acceptors (Lipinski definition) is 5. The van der Waals surface area contributed by atoms with Crippen molar-refractivity contribution in [2.75, 3.05) is 13.2 Å². The molecule has 3 aromatic rings. The molecule has 0 aliphatic rings. The van der Waals surface area contributed by atoms with Gasteiger partial charge in [-0.2, -0.15) is 8.78 Å². The van der Waals surface area contributed by atoms with Crippen LogP contribution in [0, 0.1) is 0 Å². The molecular weight excluding hydrogens is 418 g/mol. The number of rotatable bonds is 10. The highest BCUT2D eigenvalue weighted by atomic mass is 19.3. The third-order valence-electron chi connectivity index (χ3n) is 4.34. The van der Waals surface area contributed by atoms with Gasteiger partial charge in [-0.25, -0.2) is 9.98 Å². The zero-order valence-corrected chi connectivity index (χ0v) is 18.0. The Morgan fingerprint density at radius 2 is 1.91 bits per heavy atom. The second-order valence-corrected chi connectivity index (χ2v) is 6.59. The van der Waals surface area contributed by atoms with Crippen molar-refractivity contribution in [3.05, 3.63) is 66.2 Å². The lowest BCUT2D eigenvalue weighted by Crippen LogP contribution is -2.36. The lowest BCUT2D eigenvalue weighted by atomic mass is 10.2. The number of nitrogens with zero attached hydrogens (tertiary/aromatic N) is 2. The highest BCUT2D eigenvalue weighted by molar-refractivity contribution is 5.79. The fourth-order valence-electron chi connectivity index (χ4n) is 2.97. The molecule has 2 aromatic carbocycles. The van der Waals surface area contributed by atoms with Gasteiger partial charge in [-0.1, -0.05) is 42.5 Å². The first-order valence-electron chi connectivity index (χ1n) is 10.3. The van der Waals surface area contributed by atoms with E-state index in [-0.39, 0.29) is 18.0 Å². The largest absolute Gasteiger partial charge is 0.490 e. The van der Waals surface area contributed by atoms with Crippen molar-refractivity contribution in [3.8, 4) is 22.8 Å². The van der Waals surface area contributed by atoms with Gasteiger partial charge in [0, 0.05) is 17.7 Å². The first-order valence-corrected chi connectivity index (χ1v) is 10.3. The summed E-state index contributed by atoms with van der Waals surface area (Å²) in [6, 6.07) is 14.7. The molecule has 0 aliphatic carbocycles. The quantitative estimate of drug-likeness (QED) is 0.352. The molecule has 1 aromatic heterocycles. The molecule has 0 atom stereocenters. The summed E-state index contributed by atoms with van der Waals surface area (Å²) in [7, 11) is 0. The van der Waals surface area contributed by atoms with E-state index in [0.717, 1.165) is 5.56 Å². The maximum Gasteiger partial charge on any atom is 0.387 e. The molecule has 0 saturated carbocycles. The zero-order valence-electron chi connectivity index (χ0n) is 18.0. The van der Waals surface area contributed by atoms with Crippen LogP contribution in [0.2, 0.25) is 0 Å². The molecule has 0 aliphatic heterocycles. The fraction of sp³-hybridized carbons (Fsp3) is 0.304. The number of guanidine groups is 1. The minimum atomic E-state index is -2.96. The first-order chi connectivity index (χ1) is 15.6. The van der Waals surface area contributed by atoms with Gasteiger partial charge in [-0.15, -0.1) is 0 Å². The Labute approximate surface area is 185 Å². The molecule has 0 unspecified atom stereocenters. The van der Waals surface area contributed by atoms with Gasteiger partial charge in [-0.05, 0) is 19.9 Å². The summed E-state index contributed by atoms with van der Waals surface area (Å²) in [4.78, 5) is 8.77. The first kappa shape index (κ1) is 23.1. The van der Waals surface area contributed by atoms with Crippen molar-refractivity contribution in [1.82, 2.24) is 15.6 Å². The topological polar surface area (TPSA) is 80.9 Å². The molecule has 2 N–H and O–H groups in total. The summed E-state index contributed by atoms with van der Waals surface area (Å²) in [6.45, 7) is 2.10. The van der Waals surface area contributed by atoms with E-state index in [9.17, 15) is 8.78 Å². The second-order valence-electron chi connectivity index (χ2n) is 6.59. The number of nitrogens with one attached hydrogen (secondary N) is 2. The molecule has 0 radical (unpaired) electrons. The lowest BCUT2D eigenvalue weighted by Gasteiger charge is -2.15. The van der Waals surface area contributed by atoms with Crippen LogP contribution in [0.25, 0.3) is 11.3 Å². The Kier molecular flexibility index (Phi) is 8.42. The second kappa shape index (κ2) is 11.7. The smallest absolute Gasteiger partial charge is 0.387 e. The molecule has 170 valence electrons. The number of ether oxygens (including phenoxy) is 2. The number of oxazole rings is 1. The van der Waals surface area contributed by atoms with Crippen molar-refractivity contribution < 1.29 is 22.7 Å². The number of aliphatic imine (C=N–C) groups is 1. The molecule has 7 nitrogen and oxygen atoms in total. The van der Waals surface area contributed by atoms with Crippen molar-refractivity contribution in [2.24, 2.45) is 4.99 Å². The molecule has 0 bridgehead atoms. The Hall–Kier alpha value is -3.62. The van der Waals surface area contributed by atoms with E-state index in [0.29, 0.717) is 42.9 Å². The minimum Gasteiger partial charge on any atom is -0.490 e. The number of para-hydroxylation sites is 1. The third-order valence-corrected chi connectivity index (χ3v) is 4.34. The van der Waals surface area contributed by atoms with Crippen molar-refractivity contribution in [1.29, 1.82) is 0 Å². The van der Waals surface area contributed by atoms with Crippen LogP contribution in [0.15, 0.2) is 64.1 Å². The third kappa shape index (κ3) is 6.44. The van der Waals surface area contributed by atoms with E-state index in [1.165, 1.54) is 0 Å². The number of halogens is 2. The predicted molar refractivity (Wildman–Crippen MR) is 118 cm³/mol. The van der Waals surface area contributed by atoms with Crippen LogP contribution in [0.1, 0.15) is 25.3 Å². The normalized spacial score (nSPS) is 11.5. The maximum absolute atomic E-state index is 12.9. The van der Waals surface area contributed by atoms with Crippen molar-refractivity contribution in [2.45, 2.75) is 33.5 Å². The SMILES string of the molecule is CCNC(=NCc1cccc(OCC)c1OC(F)F)NCc1ncc(-c2ccccc2)o1. The maximum atomic E-state index is 12.9. The van der Waals surface area contributed by atoms with E-state index < -0.39 is 6.61 Å². The highest BCUT2D eigenvalue weighted by Gasteiger charge is 2.16. The average molecular weight is 444 g/mol. The molecule has 9 heteroatoms. The molecule has 0 spiro atoms. The molecule has 0 fully saturated rings. The van der Waals surface area contributed by atoms with E-state index >= 15 is 0 Å². The van der Waals surface area contributed by atoms with Crippen LogP contribution in [0.5, 0.6) is 11.5 Å². The van der Waals surface area contributed by atoms with Gasteiger partial charge < -0.3 is 24.5 Å². The summed E-state index contributed by atoms with van der Waals surface area (Å²) in [6.07, 6.45) is 1.67. The number of alkyl halides is 2. The van der Waals surface area contributed by atoms with E-state index in [1.54, 1.807) is 31.3 Å². The van der Waals surface area contributed by atoms with Crippen LogP contribution in [0.3, 0.4) is 0 Å². The Balaban J connectivity index is 1.70. The van der Waals surface area contributed by atoms with Gasteiger partial charge >= 0.3 is 6.61 Å². The van der Waals surface area contributed by atoms with Crippen molar-refractivity contribution in [3.63, 3.8) is 0 Å². The molecule has 0 amide bonds. The fourth-order valence-corrected chi connectivity index (χ4v) is 2.97. The molecular formula is C23H26F2N4O3. The summed E-state index contributed by atoms with van der Waals surface area (Å²) in [5, 5.41) is 6.25. The average Bonchev–Trinajstić information content (AvgIpc) is 3.27. The van der Waals surface area contributed by atoms with Crippen LogP contribution in [0.4, 0.5) is 8.78 Å². The van der Waals surface area contributed by atoms with Crippen molar-refractivity contribution >= 4 is 5.96 Å². The summed E-state index contributed by atoms with van der Waals surface area (Å²) in [5.74, 6) is 1.90. The van der Waals surface area contributed by atoms with Gasteiger partial charge in [0.25, 0.3) is 0 Å². The molecule has 0 saturated heterocycles. The van der Waals surface area contributed by atoms with Crippen LogP contribution in [-0.2, 0) is 13.1 Å². The minimum absolute atomic E-state index is 0.0100. The number of aromatic nitrogens is 1. The van der Waals surface area contributed by atoms with E-state index in [2.05, 4.69) is 20.6 Å². The Morgan fingerprint density at radius 3 is 2.62 bits per heavy atom. The lowest BCUT2D eigenvalue weighted by molar-refractivity contribution is -0.0520. The molecule has 1 heterocycles. The van der Waals surface area contributed by atoms with Gasteiger partial charge in [0.15, 0.2) is 23.2 Å². The van der Waals surface area contributed by atoms with Crippen LogP contribution >= 0.6 is 0 Å². The number of benzene rings is 2. The van der Waals surface area contributed by atoms with Crippen LogP contribution < -0.4 is 20.1 Å². The van der Waals surface area contributed by atoms with Gasteiger partial charge in [0.2, 0.25) is 5.89 Å². The van der Waals surface area contributed by atoms with E-state index in [4.69, 9.17) is 13.9 Å². The Bertz CT molecular complexity index is 1010. The van der Waals surface area contributed by atoms with Crippen LogP contribution in [-0.4, -0.2) is 30.7 Å². The summed E-state index contributed by atoms with van der Waals surface area (Å²) < 4.78 is 41.7. The van der Waals surface area contributed by atoms with Gasteiger partial charge in [0.05, 0.1) is 25.9 Å². The Morgan fingerprint density at radius 1 is 1.09 bits per heavy atom. The predicted octanol–water partition coefficient (Wildman–Crippen LogP) is 4.60. The molecule has 3 rings (SSSR count).